The molecule has 4 aromatic rings. The van der Waals surface area contributed by atoms with Gasteiger partial charge in [0, 0.05) is 50.9 Å². The summed E-state index contributed by atoms with van der Waals surface area (Å²) >= 11 is 0. The number of aromatic hydroxyl groups is 2. The van der Waals surface area contributed by atoms with E-state index in [1.54, 1.807) is 48.5 Å². The van der Waals surface area contributed by atoms with Crippen LogP contribution < -0.4 is 9.47 Å². The standard InChI is InChI=1S/C63H88O10/c1-56(2,3)40-28-38(29-41(48(40)64)57(4,5)6)54(68)72-50-44(60(13,14)15)32-36(33-45(50)61(16,17)18)52(66)70-26-25-27-71-53(67)37-34-46(62(19,20)21)51(47(35-37)63(22,23)24)73-55(69)39-30-42(58(7,8)9)49(65)43(31-39)59(10,11)12/h28-35,64-65H,25-27H2,1-24H3. The number of hydrogen-bond acceptors (Lipinski definition) is 10. The highest BCUT2D eigenvalue weighted by atomic mass is 16.6. The number of phenols is 2. The molecule has 0 radical (unpaired) electrons. The van der Waals surface area contributed by atoms with E-state index in [2.05, 4.69) is 0 Å². The highest BCUT2D eigenvalue weighted by Gasteiger charge is 2.36. The van der Waals surface area contributed by atoms with Gasteiger partial charge in [-0.05, 0) is 91.9 Å². The lowest BCUT2D eigenvalue weighted by molar-refractivity contribution is 0.0395. The number of phenolic OH excluding ortho intramolecular Hbond substituents is 2. The van der Waals surface area contributed by atoms with Crippen LogP contribution in [-0.4, -0.2) is 47.3 Å². The topological polar surface area (TPSA) is 146 Å². The number of rotatable bonds is 10. The minimum absolute atomic E-state index is 0.0356. The number of esters is 4. The SMILES string of the molecule is CC(C)(C)c1cc(C(=O)Oc2c(C(C)(C)C)cc(C(=O)OCCCOC(=O)c3cc(C(C)(C)C)c(OC(=O)c4cc(C(C)(C)C)c(O)c(C(C)(C)C)c4)c(C(C)(C)C)c3)cc2C(C)(C)C)cc(C(C)(C)C)c1O. The second kappa shape index (κ2) is 20.6. The van der Waals surface area contributed by atoms with E-state index >= 15 is 0 Å². The van der Waals surface area contributed by atoms with Gasteiger partial charge in [-0.3, -0.25) is 0 Å². The predicted octanol–water partition coefficient (Wildman–Crippen LogP) is 15.3. The third-order valence-electron chi connectivity index (χ3n) is 12.9. The zero-order chi connectivity index (χ0) is 56.2. The molecule has 10 nitrogen and oxygen atoms in total. The zero-order valence-electron chi connectivity index (χ0n) is 48.9. The Hall–Kier alpha value is -5.64. The maximum atomic E-state index is 14.2. The molecule has 0 amide bonds. The van der Waals surface area contributed by atoms with Crippen molar-refractivity contribution in [1.82, 2.24) is 0 Å². The second-order valence-corrected chi connectivity index (χ2v) is 28.0. The summed E-state index contributed by atoms with van der Waals surface area (Å²) in [6.45, 7) is 47.7. The van der Waals surface area contributed by atoms with E-state index in [1.807, 2.05) is 166 Å². The van der Waals surface area contributed by atoms with Crippen molar-refractivity contribution >= 4 is 23.9 Å². The van der Waals surface area contributed by atoms with E-state index in [9.17, 15) is 29.4 Å². The fourth-order valence-corrected chi connectivity index (χ4v) is 8.59. The highest BCUT2D eigenvalue weighted by Crippen LogP contribution is 2.46. The van der Waals surface area contributed by atoms with Crippen molar-refractivity contribution in [1.29, 1.82) is 0 Å². The fourth-order valence-electron chi connectivity index (χ4n) is 8.59. The molecular formula is C63H88O10. The van der Waals surface area contributed by atoms with E-state index in [1.165, 1.54) is 0 Å². The van der Waals surface area contributed by atoms with Crippen LogP contribution >= 0.6 is 0 Å². The van der Waals surface area contributed by atoms with Crippen LogP contribution in [0.4, 0.5) is 0 Å². The first-order chi connectivity index (χ1) is 32.8. The molecule has 400 valence electrons. The minimum atomic E-state index is -0.574. The Bertz CT molecular complexity index is 2420. The molecule has 0 aliphatic carbocycles. The number of carbonyl (C=O) groups excluding carboxylic acids is 4. The van der Waals surface area contributed by atoms with Gasteiger partial charge >= 0.3 is 23.9 Å². The van der Waals surface area contributed by atoms with Gasteiger partial charge in [0.1, 0.15) is 23.0 Å². The maximum Gasteiger partial charge on any atom is 0.343 e. The van der Waals surface area contributed by atoms with Crippen LogP contribution in [0.15, 0.2) is 48.5 Å². The summed E-state index contributed by atoms with van der Waals surface area (Å²) in [5, 5.41) is 22.7. The fraction of sp³-hybridized carbons (Fsp3) is 0.556. The summed E-state index contributed by atoms with van der Waals surface area (Å²) in [6.07, 6.45) is 0.221. The first kappa shape index (κ1) is 59.9. The summed E-state index contributed by atoms with van der Waals surface area (Å²) in [6, 6.07) is 13.7. The Kier molecular flexibility index (Phi) is 16.9. The molecule has 10 heteroatoms. The molecule has 2 N–H and O–H groups in total. The van der Waals surface area contributed by atoms with Crippen molar-refractivity contribution in [3.05, 3.63) is 115 Å². The smallest absolute Gasteiger partial charge is 0.343 e. The van der Waals surface area contributed by atoms with Crippen LogP contribution in [0.25, 0.3) is 0 Å². The summed E-state index contributed by atoms with van der Waals surface area (Å²) < 4.78 is 24.3. The van der Waals surface area contributed by atoms with E-state index in [4.69, 9.17) is 18.9 Å². The first-order valence-electron chi connectivity index (χ1n) is 25.7. The molecule has 0 atom stereocenters. The molecule has 0 bridgehead atoms. The van der Waals surface area contributed by atoms with Crippen molar-refractivity contribution in [2.24, 2.45) is 0 Å². The molecule has 0 aromatic heterocycles. The van der Waals surface area contributed by atoms with E-state index in [0.29, 0.717) is 78.3 Å². The molecule has 0 unspecified atom stereocenters. The second-order valence-electron chi connectivity index (χ2n) is 28.0. The Morgan fingerprint density at radius 2 is 0.493 bits per heavy atom. The summed E-state index contributed by atoms with van der Waals surface area (Å²) in [5.41, 5.74) is 2.27. The summed E-state index contributed by atoms with van der Waals surface area (Å²) in [5.74, 6) is -1.23. The normalized spacial score (nSPS) is 13.2. The van der Waals surface area contributed by atoms with Gasteiger partial charge in [-0.1, -0.05) is 166 Å². The third-order valence-corrected chi connectivity index (χ3v) is 12.9. The van der Waals surface area contributed by atoms with Gasteiger partial charge in [0.2, 0.25) is 0 Å². The molecule has 0 aliphatic rings. The molecule has 0 heterocycles. The lowest BCUT2D eigenvalue weighted by Crippen LogP contribution is -2.24. The largest absolute Gasteiger partial charge is 0.507 e. The van der Waals surface area contributed by atoms with Gasteiger partial charge < -0.3 is 29.2 Å². The van der Waals surface area contributed by atoms with Crippen LogP contribution in [-0.2, 0) is 52.8 Å². The van der Waals surface area contributed by atoms with Gasteiger partial charge in [0.15, 0.2) is 0 Å². The number of benzene rings is 4. The van der Waals surface area contributed by atoms with Crippen molar-refractivity contribution in [3.8, 4) is 23.0 Å². The van der Waals surface area contributed by atoms with Crippen molar-refractivity contribution < 1.29 is 48.3 Å². The van der Waals surface area contributed by atoms with Crippen molar-refractivity contribution in [2.75, 3.05) is 13.2 Å². The minimum Gasteiger partial charge on any atom is -0.507 e. The number of carbonyl (C=O) groups is 4. The Balaban J connectivity index is 1.60. The van der Waals surface area contributed by atoms with Gasteiger partial charge in [0.25, 0.3) is 0 Å². The van der Waals surface area contributed by atoms with Crippen LogP contribution in [0, 0.1) is 0 Å². The summed E-state index contributed by atoms with van der Waals surface area (Å²) in [7, 11) is 0. The van der Waals surface area contributed by atoms with Crippen LogP contribution in [0.2, 0.25) is 0 Å². The van der Waals surface area contributed by atoms with Crippen molar-refractivity contribution in [2.45, 2.75) is 216 Å². The van der Waals surface area contributed by atoms with E-state index < -0.39 is 67.2 Å². The van der Waals surface area contributed by atoms with E-state index in [-0.39, 0.29) is 31.1 Å². The first-order valence-corrected chi connectivity index (χ1v) is 25.7. The van der Waals surface area contributed by atoms with Crippen LogP contribution in [0.1, 0.15) is 259 Å². The molecule has 73 heavy (non-hydrogen) atoms. The molecule has 0 spiro atoms. The lowest BCUT2D eigenvalue weighted by Gasteiger charge is -2.30. The molecular weight excluding hydrogens is 917 g/mol. The molecule has 0 fully saturated rings. The Labute approximate surface area is 438 Å². The van der Waals surface area contributed by atoms with Gasteiger partial charge in [-0.25, -0.2) is 19.2 Å². The average molecular weight is 1010 g/mol. The lowest BCUT2D eigenvalue weighted by atomic mass is 9.78. The van der Waals surface area contributed by atoms with Crippen molar-refractivity contribution in [3.63, 3.8) is 0 Å². The monoisotopic (exact) mass is 1000 g/mol. The highest BCUT2D eigenvalue weighted by molar-refractivity contribution is 5.95. The van der Waals surface area contributed by atoms with Crippen LogP contribution in [0.5, 0.6) is 23.0 Å². The Morgan fingerprint density at radius 3 is 0.685 bits per heavy atom. The number of hydrogen-bond donors (Lipinski definition) is 2. The predicted molar refractivity (Wildman–Crippen MR) is 294 cm³/mol. The summed E-state index contributed by atoms with van der Waals surface area (Å²) in [4.78, 5) is 56.2. The quantitative estimate of drug-likeness (QED) is 0.0894. The Morgan fingerprint density at radius 1 is 0.315 bits per heavy atom. The molecule has 0 aliphatic heterocycles. The maximum absolute atomic E-state index is 14.2. The number of ether oxygens (including phenoxy) is 4. The van der Waals surface area contributed by atoms with Gasteiger partial charge in [-0.2, -0.15) is 0 Å². The zero-order valence-corrected chi connectivity index (χ0v) is 48.9. The van der Waals surface area contributed by atoms with Gasteiger partial charge in [0.05, 0.1) is 35.5 Å². The molecule has 0 saturated carbocycles. The molecule has 4 aromatic carbocycles. The third kappa shape index (κ3) is 14.4. The van der Waals surface area contributed by atoms with E-state index in [0.717, 1.165) is 0 Å². The van der Waals surface area contributed by atoms with Crippen LogP contribution in [0.3, 0.4) is 0 Å². The molecule has 4 rings (SSSR count). The average Bonchev–Trinajstić information content (AvgIpc) is 3.20. The molecule has 0 saturated heterocycles. The van der Waals surface area contributed by atoms with Gasteiger partial charge in [-0.15, -0.1) is 0 Å².